The number of hydrogen-bond acceptors (Lipinski definition) is 2. The lowest BCUT2D eigenvalue weighted by Crippen LogP contribution is -2.20. The van der Waals surface area contributed by atoms with E-state index in [4.69, 9.17) is 10.5 Å². The van der Waals surface area contributed by atoms with Gasteiger partial charge < -0.3 is 0 Å². The van der Waals surface area contributed by atoms with Crippen molar-refractivity contribution >= 4 is 0 Å². The topological polar surface area (TPSA) is 47.6 Å². The maximum atomic E-state index is 8.24. The van der Waals surface area contributed by atoms with Gasteiger partial charge in [-0.25, -0.2) is 0 Å². The summed E-state index contributed by atoms with van der Waals surface area (Å²) in [6, 6.07) is 4.23. The maximum absolute atomic E-state index is 8.24. The average Bonchev–Trinajstić information content (AvgIpc) is 1.65. The molecule has 2 nitrogen and oxygen atoms in total. The van der Waals surface area contributed by atoms with E-state index in [1.165, 1.54) is 0 Å². The molecule has 0 aromatic heterocycles. The summed E-state index contributed by atoms with van der Waals surface area (Å²) in [5.41, 5.74) is 0. The van der Waals surface area contributed by atoms with E-state index in [-0.39, 0.29) is 11.8 Å². The summed E-state index contributed by atoms with van der Waals surface area (Å²) in [4.78, 5) is 0. The van der Waals surface area contributed by atoms with Crippen LogP contribution in [-0.4, -0.2) is 0 Å². The lowest BCUT2D eigenvalue weighted by atomic mass is 9.77. The first-order valence-corrected chi connectivity index (χ1v) is 2.66. The van der Waals surface area contributed by atoms with Crippen LogP contribution in [0.5, 0.6) is 0 Å². The molecule has 8 heavy (non-hydrogen) atoms. The van der Waals surface area contributed by atoms with Crippen LogP contribution in [0, 0.1) is 34.5 Å². The van der Waals surface area contributed by atoms with E-state index in [2.05, 4.69) is 12.1 Å². The van der Waals surface area contributed by atoms with Gasteiger partial charge in [-0.05, 0) is 12.8 Å². The van der Waals surface area contributed by atoms with Crippen molar-refractivity contribution in [3.05, 3.63) is 0 Å². The number of nitriles is 2. The first kappa shape index (κ1) is 5.12. The minimum Gasteiger partial charge on any atom is -0.198 e. The minimum absolute atomic E-state index is 0.180. The van der Waals surface area contributed by atoms with Gasteiger partial charge in [-0.15, -0.1) is 0 Å². The molecule has 0 amide bonds. The predicted octanol–water partition coefficient (Wildman–Crippen LogP) is 1.06. The van der Waals surface area contributed by atoms with E-state index in [1.54, 1.807) is 0 Å². The summed E-state index contributed by atoms with van der Waals surface area (Å²) in [5, 5.41) is 16.5. The number of rotatable bonds is 0. The lowest BCUT2D eigenvalue weighted by molar-refractivity contribution is 0.311. The SMILES string of the molecule is N#CC1CC(C#N)C1. The summed E-state index contributed by atoms with van der Waals surface area (Å²) < 4.78 is 0. The zero-order chi connectivity index (χ0) is 5.98. The molecule has 0 aliphatic heterocycles. The van der Waals surface area contributed by atoms with Crippen LogP contribution in [0.3, 0.4) is 0 Å². The second kappa shape index (κ2) is 1.84. The molecule has 1 rings (SSSR count). The van der Waals surface area contributed by atoms with Crippen molar-refractivity contribution < 1.29 is 0 Å². The van der Waals surface area contributed by atoms with Crippen LogP contribution >= 0.6 is 0 Å². The minimum atomic E-state index is 0.180. The Kier molecular flexibility index (Phi) is 1.18. The zero-order valence-electron chi connectivity index (χ0n) is 4.46. The average molecular weight is 106 g/mol. The van der Waals surface area contributed by atoms with Crippen LogP contribution in [0.25, 0.3) is 0 Å². The molecule has 0 unspecified atom stereocenters. The van der Waals surface area contributed by atoms with Crippen molar-refractivity contribution in [2.24, 2.45) is 11.8 Å². The second-order valence-electron chi connectivity index (χ2n) is 2.12. The molecule has 0 N–H and O–H groups in total. The fraction of sp³-hybridized carbons (Fsp3) is 0.667. The Labute approximate surface area is 48.3 Å². The molecule has 1 aliphatic rings. The highest BCUT2D eigenvalue weighted by atomic mass is 14.4. The highest BCUT2D eigenvalue weighted by Crippen LogP contribution is 2.31. The van der Waals surface area contributed by atoms with Crippen molar-refractivity contribution in [3.8, 4) is 12.1 Å². The molecule has 0 bridgehead atoms. The molecule has 0 aromatic rings. The Morgan fingerprint density at radius 2 is 1.38 bits per heavy atom. The fourth-order valence-electron chi connectivity index (χ4n) is 0.829. The van der Waals surface area contributed by atoms with Gasteiger partial charge in [-0.2, -0.15) is 10.5 Å². The third-order valence-electron chi connectivity index (χ3n) is 1.50. The first-order chi connectivity index (χ1) is 3.86. The van der Waals surface area contributed by atoms with Gasteiger partial charge in [0.05, 0.1) is 12.1 Å². The highest BCUT2D eigenvalue weighted by Gasteiger charge is 2.28. The maximum Gasteiger partial charge on any atom is 0.0656 e. The Hall–Kier alpha value is -1.02. The second-order valence-corrected chi connectivity index (χ2v) is 2.12. The molecule has 1 aliphatic carbocycles. The first-order valence-electron chi connectivity index (χ1n) is 2.66. The van der Waals surface area contributed by atoms with Crippen molar-refractivity contribution in [3.63, 3.8) is 0 Å². The van der Waals surface area contributed by atoms with E-state index in [1.807, 2.05) is 0 Å². The molecular formula is C6H6N2. The van der Waals surface area contributed by atoms with Gasteiger partial charge in [0.25, 0.3) is 0 Å². The van der Waals surface area contributed by atoms with Gasteiger partial charge >= 0.3 is 0 Å². The summed E-state index contributed by atoms with van der Waals surface area (Å²) >= 11 is 0. The van der Waals surface area contributed by atoms with Crippen LogP contribution in [0.2, 0.25) is 0 Å². The smallest absolute Gasteiger partial charge is 0.0656 e. The largest absolute Gasteiger partial charge is 0.198 e. The molecule has 0 atom stereocenters. The third-order valence-corrected chi connectivity index (χ3v) is 1.50. The predicted molar refractivity (Wildman–Crippen MR) is 27.4 cm³/mol. The zero-order valence-corrected chi connectivity index (χ0v) is 4.46. The van der Waals surface area contributed by atoms with Crippen molar-refractivity contribution in [2.75, 3.05) is 0 Å². The molecule has 0 heterocycles. The van der Waals surface area contributed by atoms with Gasteiger partial charge in [-0.1, -0.05) is 0 Å². The molecule has 40 valence electrons. The van der Waals surface area contributed by atoms with Gasteiger partial charge in [0.1, 0.15) is 0 Å². The van der Waals surface area contributed by atoms with Gasteiger partial charge in [0.2, 0.25) is 0 Å². The quantitative estimate of drug-likeness (QED) is 0.463. The molecule has 0 radical (unpaired) electrons. The summed E-state index contributed by atoms with van der Waals surface area (Å²) in [5.74, 6) is 0.360. The van der Waals surface area contributed by atoms with E-state index in [0.29, 0.717) is 0 Å². The highest BCUT2D eigenvalue weighted by molar-refractivity contribution is 5.01. The molecule has 0 spiro atoms. The summed E-state index contributed by atoms with van der Waals surface area (Å²) in [6.07, 6.45) is 1.60. The Morgan fingerprint density at radius 3 is 1.62 bits per heavy atom. The van der Waals surface area contributed by atoms with Crippen LogP contribution in [0.1, 0.15) is 12.8 Å². The van der Waals surface area contributed by atoms with Crippen molar-refractivity contribution in [2.45, 2.75) is 12.8 Å². The lowest BCUT2D eigenvalue weighted by Gasteiger charge is -2.23. The van der Waals surface area contributed by atoms with E-state index in [0.717, 1.165) is 12.8 Å². The van der Waals surface area contributed by atoms with E-state index >= 15 is 0 Å². The van der Waals surface area contributed by atoms with Crippen LogP contribution < -0.4 is 0 Å². The van der Waals surface area contributed by atoms with E-state index < -0.39 is 0 Å². The molecular weight excluding hydrogens is 100 g/mol. The summed E-state index contributed by atoms with van der Waals surface area (Å²) in [7, 11) is 0. The normalized spacial score (nSPS) is 34.2. The number of hydrogen-bond donors (Lipinski definition) is 0. The van der Waals surface area contributed by atoms with Gasteiger partial charge in [0.15, 0.2) is 0 Å². The molecule has 1 fully saturated rings. The molecule has 2 heteroatoms. The monoisotopic (exact) mass is 106 g/mol. The van der Waals surface area contributed by atoms with Gasteiger partial charge in [0, 0.05) is 11.8 Å². The van der Waals surface area contributed by atoms with E-state index in [9.17, 15) is 0 Å². The molecule has 0 saturated heterocycles. The van der Waals surface area contributed by atoms with Crippen LogP contribution in [-0.2, 0) is 0 Å². The van der Waals surface area contributed by atoms with Crippen molar-refractivity contribution in [1.82, 2.24) is 0 Å². The molecule has 1 saturated carbocycles. The third kappa shape index (κ3) is 0.654. The Balaban J connectivity index is 2.27. The summed E-state index contributed by atoms with van der Waals surface area (Å²) in [6.45, 7) is 0. The molecule has 0 aromatic carbocycles. The Morgan fingerprint density at radius 1 is 1.00 bits per heavy atom. The van der Waals surface area contributed by atoms with Crippen molar-refractivity contribution in [1.29, 1.82) is 10.5 Å². The van der Waals surface area contributed by atoms with Gasteiger partial charge in [-0.3, -0.25) is 0 Å². The number of nitrogens with zero attached hydrogens (tertiary/aromatic N) is 2. The van der Waals surface area contributed by atoms with Crippen LogP contribution in [0.15, 0.2) is 0 Å². The fourth-order valence-corrected chi connectivity index (χ4v) is 0.829. The Bertz CT molecular complexity index is 136. The van der Waals surface area contributed by atoms with Crippen LogP contribution in [0.4, 0.5) is 0 Å². The standard InChI is InChI=1S/C6H6N2/c7-3-5-1-6(2-5)4-8/h5-6H,1-2H2.